The van der Waals surface area contributed by atoms with Crippen LogP contribution in [0.1, 0.15) is 25.7 Å². The van der Waals surface area contributed by atoms with Crippen LogP contribution in [-0.2, 0) is 4.79 Å². The Bertz CT molecular complexity index is 1950. The standard InChI is InChI=1S/C35H32ClF3N6O2/c1-21(37)33(46)45-16-15-43(19-24(45)11-13-40)32-27-10-9-26(25-7-2-5-22-6-3-8-28(36)29(22)25)30(39)31(27)41-34(42-32)47-20-35-12-4-14-44(35)18-23(38)17-35/h2-3,5-10,23-24H,1,4,11-12,14-20H2/t23-,24+,35?/m1/s1. The monoisotopic (exact) mass is 660 g/mol. The van der Waals surface area contributed by atoms with Crippen LogP contribution in [0.2, 0.25) is 5.02 Å². The molecule has 3 aliphatic heterocycles. The zero-order chi connectivity index (χ0) is 32.9. The normalized spacial score (nSPS) is 22.9. The molecule has 0 spiro atoms. The van der Waals surface area contributed by atoms with E-state index in [2.05, 4.69) is 22.5 Å². The van der Waals surface area contributed by atoms with Gasteiger partial charge in [0.25, 0.3) is 5.91 Å². The summed E-state index contributed by atoms with van der Waals surface area (Å²) < 4.78 is 51.3. The molecule has 3 atom stereocenters. The van der Waals surface area contributed by atoms with Crippen LogP contribution in [-0.4, -0.2) is 82.8 Å². The van der Waals surface area contributed by atoms with Crippen LogP contribution in [0.4, 0.5) is 19.0 Å². The molecule has 3 aromatic carbocycles. The number of alkyl halides is 1. The lowest BCUT2D eigenvalue weighted by Crippen LogP contribution is -2.55. The van der Waals surface area contributed by atoms with Crippen LogP contribution >= 0.6 is 11.6 Å². The van der Waals surface area contributed by atoms with E-state index in [1.807, 2.05) is 29.2 Å². The third-order valence-electron chi connectivity index (χ3n) is 9.74. The van der Waals surface area contributed by atoms with Crippen molar-refractivity contribution in [3.8, 4) is 23.2 Å². The van der Waals surface area contributed by atoms with E-state index in [1.54, 1.807) is 24.3 Å². The molecule has 0 aliphatic carbocycles. The van der Waals surface area contributed by atoms with Crippen LogP contribution in [0.25, 0.3) is 32.8 Å². The lowest BCUT2D eigenvalue weighted by atomic mass is 9.95. The fourth-order valence-corrected chi connectivity index (χ4v) is 7.84. The first-order valence-electron chi connectivity index (χ1n) is 15.7. The molecule has 0 radical (unpaired) electrons. The van der Waals surface area contributed by atoms with E-state index >= 15 is 4.39 Å². The van der Waals surface area contributed by atoms with Crippen LogP contribution < -0.4 is 9.64 Å². The molecular formula is C35H32ClF3N6O2. The van der Waals surface area contributed by atoms with Gasteiger partial charge in [-0.1, -0.05) is 54.6 Å². The number of nitriles is 1. The number of hydrogen-bond acceptors (Lipinski definition) is 7. The molecule has 242 valence electrons. The number of anilines is 1. The maximum Gasteiger partial charge on any atom is 0.319 e. The van der Waals surface area contributed by atoms with E-state index in [0.717, 1.165) is 24.8 Å². The molecule has 1 unspecified atom stereocenters. The number of amides is 1. The molecule has 0 saturated carbocycles. The minimum atomic E-state index is -1.10. The van der Waals surface area contributed by atoms with Crippen molar-refractivity contribution in [3.63, 3.8) is 0 Å². The fourth-order valence-electron chi connectivity index (χ4n) is 7.56. The summed E-state index contributed by atoms with van der Waals surface area (Å²) in [6.45, 7) is 4.89. The summed E-state index contributed by atoms with van der Waals surface area (Å²) in [6, 6.07) is 15.8. The summed E-state index contributed by atoms with van der Waals surface area (Å²) in [5.74, 6) is -2.20. The van der Waals surface area contributed by atoms with Gasteiger partial charge >= 0.3 is 6.01 Å². The molecule has 4 heterocycles. The Labute approximate surface area is 275 Å². The average molecular weight is 661 g/mol. The predicted octanol–water partition coefficient (Wildman–Crippen LogP) is 6.61. The van der Waals surface area contributed by atoms with Gasteiger partial charge in [-0.15, -0.1) is 0 Å². The highest BCUT2D eigenvalue weighted by molar-refractivity contribution is 6.36. The van der Waals surface area contributed by atoms with Crippen LogP contribution in [0.3, 0.4) is 0 Å². The van der Waals surface area contributed by atoms with Gasteiger partial charge in [0.05, 0.1) is 24.1 Å². The lowest BCUT2D eigenvalue weighted by Gasteiger charge is -2.41. The Balaban J connectivity index is 1.33. The van der Waals surface area contributed by atoms with E-state index in [1.165, 1.54) is 4.90 Å². The average Bonchev–Trinajstić information content (AvgIpc) is 3.59. The number of carbonyl (C=O) groups is 1. The first kappa shape index (κ1) is 31.2. The lowest BCUT2D eigenvalue weighted by molar-refractivity contribution is -0.131. The van der Waals surface area contributed by atoms with Gasteiger partial charge in [0.2, 0.25) is 0 Å². The molecule has 1 amide bonds. The number of rotatable bonds is 7. The van der Waals surface area contributed by atoms with Gasteiger partial charge in [-0.2, -0.15) is 15.2 Å². The number of benzene rings is 3. The molecule has 12 heteroatoms. The topological polar surface area (TPSA) is 85.6 Å². The van der Waals surface area contributed by atoms with E-state index in [-0.39, 0.29) is 44.2 Å². The van der Waals surface area contributed by atoms with Crippen molar-refractivity contribution in [2.45, 2.75) is 43.4 Å². The molecular weight excluding hydrogens is 629 g/mol. The highest BCUT2D eigenvalue weighted by Gasteiger charge is 2.49. The largest absolute Gasteiger partial charge is 0.461 e. The van der Waals surface area contributed by atoms with Gasteiger partial charge < -0.3 is 14.5 Å². The number of carbonyl (C=O) groups excluding carboxylic acids is 1. The van der Waals surface area contributed by atoms with Crippen LogP contribution in [0.5, 0.6) is 6.01 Å². The summed E-state index contributed by atoms with van der Waals surface area (Å²) >= 11 is 6.60. The number of hydrogen-bond donors (Lipinski definition) is 0. The minimum absolute atomic E-state index is 0.0228. The molecule has 3 saturated heterocycles. The molecule has 3 fully saturated rings. The molecule has 1 aromatic heterocycles. The summed E-state index contributed by atoms with van der Waals surface area (Å²) in [5.41, 5.74) is 0.442. The molecule has 7 rings (SSSR count). The van der Waals surface area contributed by atoms with Crippen LogP contribution in [0, 0.1) is 17.1 Å². The van der Waals surface area contributed by atoms with Crippen molar-refractivity contribution in [3.05, 3.63) is 71.8 Å². The second kappa shape index (κ2) is 12.3. The van der Waals surface area contributed by atoms with Crippen molar-refractivity contribution < 1.29 is 22.7 Å². The number of aromatic nitrogens is 2. The van der Waals surface area contributed by atoms with Gasteiger partial charge in [0, 0.05) is 54.0 Å². The predicted molar refractivity (Wildman–Crippen MR) is 174 cm³/mol. The maximum atomic E-state index is 16.8. The highest BCUT2D eigenvalue weighted by Crippen LogP contribution is 2.42. The molecule has 0 bridgehead atoms. The fraction of sp³-hybridized carbons (Fsp3) is 0.371. The van der Waals surface area contributed by atoms with Gasteiger partial charge in [-0.3, -0.25) is 9.69 Å². The van der Waals surface area contributed by atoms with Gasteiger partial charge in [-0.05, 0) is 42.5 Å². The van der Waals surface area contributed by atoms with Crippen molar-refractivity contribution in [1.29, 1.82) is 5.26 Å². The molecule has 3 aliphatic rings. The Hall–Kier alpha value is -4.40. The van der Waals surface area contributed by atoms with Crippen molar-refractivity contribution in [1.82, 2.24) is 19.8 Å². The number of nitrogens with zero attached hydrogens (tertiary/aromatic N) is 6. The molecule has 8 nitrogen and oxygen atoms in total. The van der Waals surface area contributed by atoms with E-state index < -0.39 is 35.3 Å². The van der Waals surface area contributed by atoms with E-state index in [4.69, 9.17) is 21.3 Å². The second-order valence-corrected chi connectivity index (χ2v) is 12.9. The van der Waals surface area contributed by atoms with Crippen molar-refractivity contribution >= 4 is 45.0 Å². The summed E-state index contributed by atoms with van der Waals surface area (Å²) in [5, 5.41) is 12.0. The van der Waals surface area contributed by atoms with Crippen molar-refractivity contribution in [2.24, 2.45) is 0 Å². The number of piperazine rings is 1. The maximum absolute atomic E-state index is 16.8. The first-order chi connectivity index (χ1) is 22.7. The Morgan fingerprint density at radius 1 is 1.11 bits per heavy atom. The number of halogens is 4. The van der Waals surface area contributed by atoms with E-state index in [9.17, 15) is 18.8 Å². The quantitative estimate of drug-likeness (QED) is 0.206. The SMILES string of the molecule is C=C(F)C(=O)N1CCN(c2nc(OCC34CCCN3C[C@H](F)C4)nc3c(F)c(-c4cccc5cccc(Cl)c45)ccc23)C[C@@H]1CC#N. The zero-order valence-electron chi connectivity index (χ0n) is 25.6. The van der Waals surface area contributed by atoms with Crippen molar-refractivity contribution in [2.75, 3.05) is 44.2 Å². The summed E-state index contributed by atoms with van der Waals surface area (Å²) in [7, 11) is 0. The Morgan fingerprint density at radius 2 is 1.91 bits per heavy atom. The highest BCUT2D eigenvalue weighted by atomic mass is 35.5. The Morgan fingerprint density at radius 3 is 2.70 bits per heavy atom. The van der Waals surface area contributed by atoms with Gasteiger partial charge in [0.1, 0.15) is 24.1 Å². The summed E-state index contributed by atoms with van der Waals surface area (Å²) in [6.07, 6.45) is 1.06. The third kappa shape index (κ3) is 5.53. The molecule has 47 heavy (non-hydrogen) atoms. The summed E-state index contributed by atoms with van der Waals surface area (Å²) in [4.78, 5) is 27.1. The second-order valence-electron chi connectivity index (χ2n) is 12.5. The van der Waals surface area contributed by atoms with E-state index in [0.29, 0.717) is 45.7 Å². The molecule has 0 N–H and O–H groups in total. The first-order valence-corrected chi connectivity index (χ1v) is 16.0. The molecule has 4 aromatic rings. The van der Waals surface area contributed by atoms with Gasteiger partial charge in [0.15, 0.2) is 11.6 Å². The number of fused-ring (bicyclic) bond motifs is 3. The number of ether oxygens (including phenoxy) is 1. The minimum Gasteiger partial charge on any atom is -0.461 e. The zero-order valence-corrected chi connectivity index (χ0v) is 26.3. The Kier molecular flexibility index (Phi) is 8.18. The third-order valence-corrected chi connectivity index (χ3v) is 10.1. The van der Waals surface area contributed by atoms with Gasteiger partial charge in [-0.25, -0.2) is 13.2 Å². The smallest absolute Gasteiger partial charge is 0.319 e. The van der Waals surface area contributed by atoms with Crippen LogP contribution in [0.15, 0.2) is 60.9 Å².